The second-order valence-corrected chi connectivity index (χ2v) is 16.1. The molecule has 3 heterocycles. The van der Waals surface area contributed by atoms with Gasteiger partial charge in [-0.3, -0.25) is 4.57 Å². The average Bonchev–Trinajstić information content (AvgIpc) is 3.91. The third-order valence-corrected chi connectivity index (χ3v) is 11.2. The zero-order chi connectivity index (χ0) is 50.0. The first-order chi connectivity index (χ1) is 34.0. The van der Waals surface area contributed by atoms with E-state index in [1.807, 2.05) is 71.4 Å². The molecule has 0 aliphatic rings. The molecule has 0 spiro atoms. The Balaban J connectivity index is 0.957. The first-order valence-electron chi connectivity index (χ1n) is 25.5. The van der Waals surface area contributed by atoms with E-state index >= 15 is 0 Å². The summed E-state index contributed by atoms with van der Waals surface area (Å²) < 4.78 is 98.3. The lowest BCUT2D eigenvalue weighted by atomic mass is 9.88. The molecule has 0 atom stereocenters. The number of pyridine rings is 1. The highest BCUT2D eigenvalue weighted by atomic mass is 16.5. The molecular formula is C56H48N4O. The first-order valence-corrected chi connectivity index (χ1v) is 20.5. The molecule has 298 valence electrons. The molecular weight excluding hydrogens is 745 g/mol. The summed E-state index contributed by atoms with van der Waals surface area (Å²) in [4.78, 5) is 4.83. The molecule has 61 heavy (non-hydrogen) atoms. The fourth-order valence-corrected chi connectivity index (χ4v) is 8.23. The van der Waals surface area contributed by atoms with E-state index in [1.54, 1.807) is 18.2 Å². The molecule has 0 fully saturated rings. The normalized spacial score (nSPS) is 14.1. The summed E-state index contributed by atoms with van der Waals surface area (Å²) in [6, 6.07) is 35.0. The second kappa shape index (κ2) is 16.1. The van der Waals surface area contributed by atoms with Crippen LogP contribution < -0.4 is 9.30 Å². The van der Waals surface area contributed by atoms with Crippen molar-refractivity contribution in [3.63, 3.8) is 0 Å². The summed E-state index contributed by atoms with van der Waals surface area (Å²) in [5, 5.41) is 2.22. The Labute approximate surface area is 371 Å². The van der Waals surface area contributed by atoms with Gasteiger partial charge in [0.2, 0.25) is 6.33 Å². The van der Waals surface area contributed by atoms with E-state index in [2.05, 4.69) is 78.7 Å². The molecule has 3 aromatic heterocycles. The number of nitrogens with zero attached hydrogens (tertiary/aromatic N) is 4. The molecule has 0 aliphatic heterocycles. The van der Waals surface area contributed by atoms with Gasteiger partial charge in [0.1, 0.15) is 17.3 Å². The van der Waals surface area contributed by atoms with Crippen LogP contribution in [-0.4, -0.2) is 14.1 Å². The van der Waals surface area contributed by atoms with Crippen molar-refractivity contribution in [2.24, 2.45) is 0 Å². The number of unbranched alkanes of at least 4 members (excludes halogenated alkanes) is 1. The van der Waals surface area contributed by atoms with Crippen molar-refractivity contribution >= 4 is 32.8 Å². The summed E-state index contributed by atoms with van der Waals surface area (Å²) in [5.74, 6) is 2.15. The number of hydrogen-bond donors (Lipinski definition) is 0. The van der Waals surface area contributed by atoms with Crippen molar-refractivity contribution in [1.29, 1.82) is 0 Å². The summed E-state index contributed by atoms with van der Waals surface area (Å²) >= 11 is 0. The van der Waals surface area contributed by atoms with Gasteiger partial charge in [-0.25, -0.2) is 4.98 Å². The Kier molecular flexibility index (Phi) is 7.45. The lowest BCUT2D eigenvalue weighted by Crippen LogP contribution is -2.32. The van der Waals surface area contributed by atoms with Crippen LogP contribution in [0.4, 0.5) is 0 Å². The van der Waals surface area contributed by atoms with Crippen molar-refractivity contribution in [1.82, 2.24) is 14.1 Å². The van der Waals surface area contributed by atoms with Crippen LogP contribution in [-0.2, 0) is 18.4 Å². The zero-order valence-corrected chi connectivity index (χ0v) is 34.1. The maximum atomic E-state index is 8.83. The number of fused-ring (bicyclic) bond motifs is 4. The minimum Gasteiger partial charge on any atom is -0.458 e. The monoisotopic (exact) mass is 802 g/mol. The molecule has 5 nitrogen and oxygen atoms in total. The first kappa shape index (κ1) is 28.3. The number of ether oxygens (including phenoxy) is 1. The maximum absolute atomic E-state index is 8.83. The average molecular weight is 803 g/mol. The summed E-state index contributed by atoms with van der Waals surface area (Å²) in [6.45, 7) is 7.13. The van der Waals surface area contributed by atoms with Crippen molar-refractivity contribution < 1.29 is 23.0 Å². The molecule has 0 amide bonds. The molecule has 10 rings (SSSR count). The van der Waals surface area contributed by atoms with E-state index in [0.29, 0.717) is 54.0 Å². The molecule has 10 aromatic rings. The predicted molar refractivity (Wildman–Crippen MR) is 250 cm³/mol. The quantitative estimate of drug-likeness (QED) is 0.0742. The largest absolute Gasteiger partial charge is 0.458 e. The van der Waals surface area contributed by atoms with Gasteiger partial charge in [0.25, 0.3) is 0 Å². The maximum Gasteiger partial charge on any atom is 0.244 e. The number of aromatic nitrogens is 4. The van der Waals surface area contributed by atoms with Crippen LogP contribution in [0.1, 0.15) is 58.4 Å². The molecule has 0 saturated heterocycles. The van der Waals surface area contributed by atoms with Crippen molar-refractivity contribution in [2.45, 2.75) is 52.0 Å². The van der Waals surface area contributed by atoms with Gasteiger partial charge in [-0.2, -0.15) is 0 Å². The molecule has 7 aromatic carbocycles. The number of para-hydroxylation sites is 3. The minimum absolute atomic E-state index is 0.0138. The number of aryl methyl sites for hydroxylation is 1. The fraction of sp³-hybridized carbons (Fsp3) is 0.143. The van der Waals surface area contributed by atoms with E-state index in [-0.39, 0.29) is 40.7 Å². The molecule has 0 bridgehead atoms. The van der Waals surface area contributed by atoms with Gasteiger partial charge >= 0.3 is 0 Å². The van der Waals surface area contributed by atoms with Gasteiger partial charge in [-0.15, -0.1) is 0 Å². The van der Waals surface area contributed by atoms with Crippen molar-refractivity contribution in [3.05, 3.63) is 205 Å². The van der Waals surface area contributed by atoms with Gasteiger partial charge < -0.3 is 13.9 Å². The smallest absolute Gasteiger partial charge is 0.244 e. The highest BCUT2D eigenvalue weighted by Crippen LogP contribution is 2.37. The Hall–Kier alpha value is -7.24. The van der Waals surface area contributed by atoms with Crippen LogP contribution >= 0.6 is 0 Å². The van der Waals surface area contributed by atoms with Crippen LogP contribution in [0.5, 0.6) is 11.5 Å². The van der Waals surface area contributed by atoms with Crippen molar-refractivity contribution in [3.8, 4) is 45.3 Å². The van der Waals surface area contributed by atoms with Crippen LogP contribution in [0.2, 0.25) is 0 Å². The highest BCUT2D eigenvalue weighted by Gasteiger charge is 2.19. The predicted octanol–water partition coefficient (Wildman–Crippen LogP) is 13.7. The van der Waals surface area contributed by atoms with Crippen LogP contribution in [0, 0.1) is 6.33 Å². The van der Waals surface area contributed by atoms with Crippen LogP contribution in [0.3, 0.4) is 0 Å². The SMILES string of the molecule is [2H]c1c([2H])c([2H])c(-c2cccc(-c3c([2H])c([2H])c([2H])c([2H])c3[2H])c2CCCC[n+]2[c-]n(-c3cccc(Oc4ccc5c6ccccc6n(-c6cc(C(C)(C)C)ccn6)c5c4)c3)c3ccccc32)c([2H])c1[2H]. The third-order valence-electron chi connectivity index (χ3n) is 11.2. The summed E-state index contributed by atoms with van der Waals surface area (Å²) in [7, 11) is 0. The summed E-state index contributed by atoms with van der Waals surface area (Å²) in [6.07, 6.45) is 6.89. The summed E-state index contributed by atoms with van der Waals surface area (Å²) in [5.41, 5.74) is 7.05. The topological polar surface area (TPSA) is 35.9 Å². The Morgan fingerprint density at radius 1 is 0.639 bits per heavy atom. The lowest BCUT2D eigenvalue weighted by Gasteiger charge is -2.20. The van der Waals surface area contributed by atoms with E-state index in [1.165, 1.54) is 5.56 Å². The number of hydrogen-bond acceptors (Lipinski definition) is 2. The lowest BCUT2D eigenvalue weighted by molar-refractivity contribution is -0.676. The molecule has 0 aliphatic carbocycles. The van der Waals surface area contributed by atoms with Crippen LogP contribution in [0.15, 0.2) is 188 Å². The Bertz CT molecular complexity index is 3620. The molecule has 0 saturated carbocycles. The minimum atomic E-state index is -0.521. The van der Waals surface area contributed by atoms with Gasteiger partial charge in [0.15, 0.2) is 0 Å². The molecule has 0 radical (unpaired) electrons. The van der Waals surface area contributed by atoms with Crippen LogP contribution in [0.25, 0.3) is 66.6 Å². The molecule has 0 N–H and O–H groups in total. The van der Waals surface area contributed by atoms with E-state index < -0.39 is 36.3 Å². The molecule has 0 unspecified atom stereocenters. The van der Waals surface area contributed by atoms with E-state index in [9.17, 15) is 0 Å². The van der Waals surface area contributed by atoms with Gasteiger partial charge in [-0.1, -0.05) is 154 Å². The Morgan fingerprint density at radius 3 is 2.07 bits per heavy atom. The number of benzene rings is 7. The molecule has 5 heteroatoms. The van der Waals surface area contributed by atoms with Gasteiger partial charge in [0, 0.05) is 23.0 Å². The Morgan fingerprint density at radius 2 is 1.31 bits per heavy atom. The van der Waals surface area contributed by atoms with E-state index in [0.717, 1.165) is 44.3 Å². The van der Waals surface area contributed by atoms with Crippen molar-refractivity contribution in [2.75, 3.05) is 0 Å². The van der Waals surface area contributed by atoms with Gasteiger partial charge in [-0.05, 0) is 101 Å². The fourth-order valence-electron chi connectivity index (χ4n) is 8.23. The zero-order valence-electron chi connectivity index (χ0n) is 44.1. The standard InChI is InChI=1S/C56H48N4O/c1-56(2,3)42-33-34-57-55(36-42)60-51-28-11-10-25-49(51)50-32-31-45(38-54(50)60)61-44-23-16-22-43(37-44)59-39-58(52-29-12-13-30-53(52)59)35-15-14-24-48-46(40-18-6-4-7-19-40)26-17-27-47(48)41-20-8-5-9-21-41/h4-13,16-23,25-34,36-38H,14-15,24,35H2,1-3H3/i4D,5D,6D,7D,8D,9D,18D,19D,20D,21D. The van der Waals surface area contributed by atoms with Gasteiger partial charge in [0.05, 0.1) is 48.0 Å². The third kappa shape index (κ3) is 7.49. The number of imidazole rings is 1. The second-order valence-electron chi connectivity index (χ2n) is 16.1. The number of rotatable bonds is 11. The highest BCUT2D eigenvalue weighted by molar-refractivity contribution is 6.09. The van der Waals surface area contributed by atoms with E-state index in [4.69, 9.17) is 23.4 Å².